The molecule has 7 heteroatoms. The number of imidazole rings is 1. The monoisotopic (exact) mass is 450 g/mol. The van der Waals surface area contributed by atoms with E-state index in [2.05, 4.69) is 16.0 Å². The van der Waals surface area contributed by atoms with Gasteiger partial charge in [-0.25, -0.2) is 4.98 Å². The molecule has 0 atom stereocenters. The summed E-state index contributed by atoms with van der Waals surface area (Å²) in [6.07, 6.45) is 1.82. The zero-order chi connectivity index (χ0) is 22.8. The predicted molar refractivity (Wildman–Crippen MR) is 130 cm³/mol. The van der Waals surface area contributed by atoms with Gasteiger partial charge in [0.15, 0.2) is 5.82 Å². The van der Waals surface area contributed by atoms with E-state index in [1.54, 1.807) is 11.7 Å². The lowest BCUT2D eigenvalue weighted by atomic mass is 10.2. The molecule has 6 nitrogen and oxygen atoms in total. The van der Waals surface area contributed by atoms with Gasteiger partial charge in [0.25, 0.3) is 5.56 Å². The number of H-pyrrole nitrogens is 1. The summed E-state index contributed by atoms with van der Waals surface area (Å²) in [6.45, 7) is 0. The number of thiazole rings is 1. The number of nitrogens with one attached hydrogen (secondary N) is 1. The van der Waals surface area contributed by atoms with Crippen LogP contribution < -0.4 is 19.5 Å². The number of hydrogen-bond donors (Lipinski definition) is 1. The first kappa shape index (κ1) is 20.5. The van der Waals surface area contributed by atoms with Gasteiger partial charge in [0, 0.05) is 0 Å². The fourth-order valence-corrected chi connectivity index (χ4v) is 4.69. The summed E-state index contributed by atoms with van der Waals surface area (Å²) >= 11 is 1.27. The zero-order valence-corrected chi connectivity index (χ0v) is 18.5. The molecule has 5 rings (SSSR count). The minimum Gasteiger partial charge on any atom is -0.497 e. The first-order valence-corrected chi connectivity index (χ1v) is 11.0. The summed E-state index contributed by atoms with van der Waals surface area (Å²) < 4.78 is 7.83. The highest BCUT2D eigenvalue weighted by Gasteiger charge is 2.15. The molecule has 0 amide bonds. The number of rotatable bonds is 4. The van der Waals surface area contributed by atoms with Crippen molar-refractivity contribution >= 4 is 34.0 Å². The van der Waals surface area contributed by atoms with Gasteiger partial charge >= 0.3 is 0 Å². The maximum Gasteiger partial charge on any atom is 0.273 e. The van der Waals surface area contributed by atoms with Crippen molar-refractivity contribution in [2.24, 2.45) is 0 Å². The maximum absolute atomic E-state index is 13.5. The molecule has 0 aliphatic rings. The summed E-state index contributed by atoms with van der Waals surface area (Å²) in [5, 5.41) is 10.1. The molecule has 0 unspecified atom stereocenters. The van der Waals surface area contributed by atoms with Crippen molar-refractivity contribution in [2.75, 3.05) is 7.11 Å². The molecule has 1 N–H and O–H groups in total. The van der Waals surface area contributed by atoms with Gasteiger partial charge < -0.3 is 9.72 Å². The van der Waals surface area contributed by atoms with E-state index in [-0.39, 0.29) is 5.56 Å². The van der Waals surface area contributed by atoms with Crippen molar-refractivity contribution < 1.29 is 4.74 Å². The summed E-state index contributed by atoms with van der Waals surface area (Å²) in [5.74, 6) is 1.17. The van der Waals surface area contributed by atoms with Crippen LogP contribution in [-0.2, 0) is 0 Å². The minimum absolute atomic E-state index is 0.194. The number of para-hydroxylation sites is 3. The molecule has 0 aliphatic heterocycles. The van der Waals surface area contributed by atoms with Gasteiger partial charge in [-0.3, -0.25) is 9.36 Å². The molecule has 0 saturated heterocycles. The van der Waals surface area contributed by atoms with Crippen LogP contribution >= 0.6 is 11.3 Å². The molecule has 2 aromatic heterocycles. The second kappa shape index (κ2) is 8.61. The van der Waals surface area contributed by atoms with Gasteiger partial charge in [-0.05, 0) is 48.0 Å². The summed E-state index contributed by atoms with van der Waals surface area (Å²) in [6, 6.07) is 26.6. The highest BCUT2D eigenvalue weighted by Crippen LogP contribution is 2.16. The van der Waals surface area contributed by atoms with E-state index in [4.69, 9.17) is 4.74 Å². The van der Waals surface area contributed by atoms with E-state index in [1.165, 1.54) is 11.3 Å². The Bertz CT molecular complexity index is 1640. The lowest BCUT2D eigenvalue weighted by Crippen LogP contribution is -2.30. The first-order chi connectivity index (χ1) is 16.2. The van der Waals surface area contributed by atoms with E-state index in [0.717, 1.165) is 22.3 Å². The maximum atomic E-state index is 13.5. The quantitative estimate of drug-likeness (QED) is 0.455. The second-order valence-corrected chi connectivity index (χ2v) is 8.29. The van der Waals surface area contributed by atoms with E-state index < -0.39 is 0 Å². The van der Waals surface area contributed by atoms with Crippen LogP contribution in [0.4, 0.5) is 0 Å². The van der Waals surface area contributed by atoms with Crippen molar-refractivity contribution in [1.29, 1.82) is 5.26 Å². The average molecular weight is 451 g/mol. The molecule has 3 aromatic carbocycles. The topological polar surface area (TPSA) is 83.7 Å². The van der Waals surface area contributed by atoms with Crippen molar-refractivity contribution in [3.8, 4) is 17.5 Å². The molecule has 33 heavy (non-hydrogen) atoms. The zero-order valence-electron chi connectivity index (χ0n) is 17.6. The summed E-state index contributed by atoms with van der Waals surface area (Å²) in [5.41, 5.74) is 3.26. The number of aromatic amines is 1. The molecule has 0 aliphatic carbocycles. The highest BCUT2D eigenvalue weighted by molar-refractivity contribution is 7.07. The molecule has 0 fully saturated rings. The van der Waals surface area contributed by atoms with Crippen molar-refractivity contribution in [1.82, 2.24) is 14.5 Å². The third-order valence-corrected chi connectivity index (χ3v) is 6.30. The Labute approximate surface area is 193 Å². The Morgan fingerprint density at radius 2 is 1.79 bits per heavy atom. The molecule has 0 bridgehead atoms. The van der Waals surface area contributed by atoms with Crippen LogP contribution in [0.3, 0.4) is 0 Å². The second-order valence-electron chi connectivity index (χ2n) is 7.25. The number of hydrogen-bond acceptors (Lipinski definition) is 5. The molecule has 2 heterocycles. The number of fused-ring (bicyclic) bond motifs is 1. The first-order valence-electron chi connectivity index (χ1n) is 10.2. The van der Waals surface area contributed by atoms with E-state index in [1.807, 2.05) is 84.9 Å². The Kier molecular flexibility index (Phi) is 5.35. The van der Waals surface area contributed by atoms with Crippen LogP contribution in [-0.4, -0.2) is 21.6 Å². The van der Waals surface area contributed by atoms with Gasteiger partial charge in [-0.15, -0.1) is 11.3 Å². The van der Waals surface area contributed by atoms with E-state index in [9.17, 15) is 10.1 Å². The molecular weight excluding hydrogens is 432 g/mol. The Morgan fingerprint density at radius 3 is 2.48 bits per heavy atom. The fourth-order valence-electron chi connectivity index (χ4n) is 3.59. The Morgan fingerprint density at radius 1 is 1.06 bits per heavy atom. The SMILES string of the molecule is COc1ccc(/C=c2\s/c(=C(\C#N)c3nc4ccccc4[nH]3)n(-c3ccccc3)c2=O)cc1. The highest BCUT2D eigenvalue weighted by atomic mass is 32.1. The lowest BCUT2D eigenvalue weighted by Gasteiger charge is -2.02. The van der Waals surface area contributed by atoms with Crippen LogP contribution in [0.25, 0.3) is 28.4 Å². The molecular formula is C26H18N4O2S. The minimum atomic E-state index is -0.194. The summed E-state index contributed by atoms with van der Waals surface area (Å²) in [7, 11) is 1.61. The van der Waals surface area contributed by atoms with E-state index >= 15 is 0 Å². The number of ether oxygens (including phenoxy) is 1. The molecule has 5 aromatic rings. The standard InChI is InChI=1S/C26H18N4O2S/c1-32-19-13-11-17(12-14-19)15-23-25(31)30(18-7-3-2-4-8-18)26(33-23)20(16-27)24-28-21-9-5-6-10-22(21)29-24/h2-15H,1H3,(H,28,29)/b23-15-,26-20+. The van der Waals surface area contributed by atoms with Crippen LogP contribution in [0.5, 0.6) is 5.75 Å². The Hall–Kier alpha value is -4.41. The fraction of sp³-hybridized carbons (Fsp3) is 0.0385. The van der Waals surface area contributed by atoms with Gasteiger partial charge in [0.05, 0.1) is 28.4 Å². The molecule has 0 spiro atoms. The normalized spacial score (nSPS) is 12.5. The number of nitrogens with zero attached hydrogens (tertiary/aromatic N) is 3. The smallest absolute Gasteiger partial charge is 0.273 e. The molecule has 0 saturated carbocycles. The average Bonchev–Trinajstić information content (AvgIpc) is 3.42. The third-order valence-electron chi connectivity index (χ3n) is 5.20. The number of aromatic nitrogens is 3. The van der Waals surface area contributed by atoms with E-state index in [0.29, 0.717) is 26.3 Å². The number of methoxy groups -OCH3 is 1. The van der Waals surface area contributed by atoms with Crippen LogP contribution in [0.1, 0.15) is 11.4 Å². The van der Waals surface area contributed by atoms with Crippen molar-refractivity contribution in [2.45, 2.75) is 0 Å². The van der Waals surface area contributed by atoms with Crippen LogP contribution in [0, 0.1) is 11.3 Å². The van der Waals surface area contributed by atoms with Crippen molar-refractivity contribution in [3.05, 3.63) is 110 Å². The van der Waals surface area contributed by atoms with Crippen LogP contribution in [0.15, 0.2) is 83.7 Å². The van der Waals surface area contributed by atoms with Gasteiger partial charge in [0.2, 0.25) is 0 Å². The van der Waals surface area contributed by atoms with Gasteiger partial charge in [-0.1, -0.05) is 42.5 Å². The third kappa shape index (κ3) is 3.84. The number of nitriles is 1. The number of benzene rings is 3. The molecule has 0 radical (unpaired) electrons. The van der Waals surface area contributed by atoms with Gasteiger partial charge in [-0.2, -0.15) is 5.26 Å². The lowest BCUT2D eigenvalue weighted by molar-refractivity contribution is 0.415. The van der Waals surface area contributed by atoms with Crippen molar-refractivity contribution in [3.63, 3.8) is 0 Å². The largest absolute Gasteiger partial charge is 0.497 e. The van der Waals surface area contributed by atoms with Gasteiger partial charge in [0.1, 0.15) is 22.1 Å². The predicted octanol–water partition coefficient (Wildman–Crippen LogP) is 3.34. The summed E-state index contributed by atoms with van der Waals surface area (Å²) in [4.78, 5) is 21.3. The molecule has 160 valence electrons. The van der Waals surface area contributed by atoms with Crippen LogP contribution in [0.2, 0.25) is 0 Å². The Balaban J connectivity index is 1.82.